The molecular weight excluding hydrogens is 260 g/mol. The highest BCUT2D eigenvalue weighted by molar-refractivity contribution is 5.47. The first-order chi connectivity index (χ1) is 9.85. The summed E-state index contributed by atoms with van der Waals surface area (Å²) in [6.45, 7) is 10.2. The second-order valence-electron chi connectivity index (χ2n) is 6.66. The van der Waals surface area contributed by atoms with Crippen LogP contribution in [0.15, 0.2) is 41.0 Å². The Kier molecular flexibility index (Phi) is 4.73. The van der Waals surface area contributed by atoms with Crippen LogP contribution in [0.25, 0.3) is 0 Å². The fourth-order valence-corrected chi connectivity index (χ4v) is 2.13. The maximum atomic E-state index is 5.66. The summed E-state index contributed by atoms with van der Waals surface area (Å²) in [6.07, 6.45) is 1.78. The van der Waals surface area contributed by atoms with Crippen molar-refractivity contribution in [2.24, 2.45) is 0 Å². The van der Waals surface area contributed by atoms with Gasteiger partial charge >= 0.3 is 0 Å². The van der Waals surface area contributed by atoms with Crippen molar-refractivity contribution in [3.8, 4) is 0 Å². The molecular formula is C18H26N2O. The lowest BCUT2D eigenvalue weighted by atomic mass is 10.1. The second kappa shape index (κ2) is 6.35. The summed E-state index contributed by atoms with van der Waals surface area (Å²) in [5.41, 5.74) is 3.81. The van der Waals surface area contributed by atoms with Crippen molar-refractivity contribution >= 4 is 5.69 Å². The van der Waals surface area contributed by atoms with Crippen molar-refractivity contribution in [1.29, 1.82) is 0 Å². The van der Waals surface area contributed by atoms with Crippen LogP contribution in [0.1, 0.15) is 37.7 Å². The first-order valence-corrected chi connectivity index (χ1v) is 7.43. The topological polar surface area (TPSA) is 28.4 Å². The van der Waals surface area contributed by atoms with Crippen LogP contribution in [0, 0.1) is 6.92 Å². The summed E-state index contributed by atoms with van der Waals surface area (Å²) < 4.78 is 5.66. The normalized spacial score (nSPS) is 11.7. The molecule has 0 saturated heterocycles. The summed E-state index contributed by atoms with van der Waals surface area (Å²) in [5, 5.41) is 3.51. The van der Waals surface area contributed by atoms with Gasteiger partial charge in [-0.2, -0.15) is 0 Å². The molecule has 0 unspecified atom stereocenters. The molecule has 2 rings (SSSR count). The molecule has 1 aromatic carbocycles. The van der Waals surface area contributed by atoms with Gasteiger partial charge in [-0.3, -0.25) is 0 Å². The molecule has 2 aromatic rings. The second-order valence-corrected chi connectivity index (χ2v) is 6.66. The van der Waals surface area contributed by atoms with Crippen molar-refractivity contribution in [3.63, 3.8) is 0 Å². The maximum absolute atomic E-state index is 5.66. The number of nitrogens with one attached hydrogen (secondary N) is 1. The van der Waals surface area contributed by atoms with Crippen LogP contribution in [-0.2, 0) is 13.1 Å². The first kappa shape index (κ1) is 15.6. The lowest BCUT2D eigenvalue weighted by Crippen LogP contribution is -2.35. The van der Waals surface area contributed by atoms with Gasteiger partial charge in [-0.05, 0) is 45.9 Å². The van der Waals surface area contributed by atoms with E-state index in [0.717, 1.165) is 18.8 Å². The van der Waals surface area contributed by atoms with Crippen LogP contribution in [0.2, 0.25) is 0 Å². The Morgan fingerprint density at radius 3 is 2.38 bits per heavy atom. The molecule has 1 N–H and O–H groups in total. The van der Waals surface area contributed by atoms with E-state index in [1.54, 1.807) is 6.26 Å². The number of anilines is 1. The Bertz CT molecular complexity index is 564. The van der Waals surface area contributed by atoms with Gasteiger partial charge < -0.3 is 14.6 Å². The third-order valence-corrected chi connectivity index (χ3v) is 3.50. The highest BCUT2D eigenvalue weighted by atomic mass is 16.3. The quantitative estimate of drug-likeness (QED) is 0.896. The maximum Gasteiger partial charge on any atom is 0.127 e. The third kappa shape index (κ3) is 4.64. The number of hydrogen-bond acceptors (Lipinski definition) is 3. The molecule has 0 bridgehead atoms. The highest BCUT2D eigenvalue weighted by Gasteiger charge is 2.13. The zero-order valence-electron chi connectivity index (χ0n) is 13.7. The predicted molar refractivity (Wildman–Crippen MR) is 88.6 cm³/mol. The molecule has 114 valence electrons. The predicted octanol–water partition coefficient (Wildman–Crippen LogP) is 4.11. The largest absolute Gasteiger partial charge is 0.467 e. The van der Waals surface area contributed by atoms with Gasteiger partial charge in [0.15, 0.2) is 0 Å². The Morgan fingerprint density at radius 2 is 1.76 bits per heavy atom. The average Bonchev–Trinajstić information content (AvgIpc) is 2.83. The van der Waals surface area contributed by atoms with Gasteiger partial charge in [0.1, 0.15) is 5.76 Å². The number of benzene rings is 1. The Labute approximate surface area is 128 Å². The molecule has 0 aliphatic carbocycles. The van der Waals surface area contributed by atoms with Gasteiger partial charge in [-0.1, -0.05) is 17.7 Å². The zero-order valence-corrected chi connectivity index (χ0v) is 13.7. The SMILES string of the molecule is Cc1ccc(N(C)Cc2occc2CNC(C)(C)C)cc1. The molecule has 0 radical (unpaired) electrons. The van der Waals surface area contributed by atoms with Crippen LogP contribution in [0.3, 0.4) is 0 Å². The molecule has 0 fully saturated rings. The van der Waals surface area contributed by atoms with Gasteiger partial charge in [0.05, 0.1) is 12.8 Å². The number of aryl methyl sites for hydroxylation is 1. The molecule has 1 heterocycles. The summed E-state index contributed by atoms with van der Waals surface area (Å²) >= 11 is 0. The van der Waals surface area contributed by atoms with Crippen molar-refractivity contribution in [2.75, 3.05) is 11.9 Å². The first-order valence-electron chi connectivity index (χ1n) is 7.43. The van der Waals surface area contributed by atoms with Gasteiger partial charge in [0.25, 0.3) is 0 Å². The van der Waals surface area contributed by atoms with Gasteiger partial charge in [0, 0.05) is 30.4 Å². The molecule has 3 heteroatoms. The van der Waals surface area contributed by atoms with Gasteiger partial charge in [-0.15, -0.1) is 0 Å². The van der Waals surface area contributed by atoms with E-state index in [0.29, 0.717) is 0 Å². The Morgan fingerprint density at radius 1 is 1.10 bits per heavy atom. The third-order valence-electron chi connectivity index (χ3n) is 3.50. The monoisotopic (exact) mass is 286 g/mol. The minimum atomic E-state index is 0.109. The molecule has 3 nitrogen and oxygen atoms in total. The smallest absolute Gasteiger partial charge is 0.127 e. The number of rotatable bonds is 5. The van der Waals surface area contributed by atoms with Crippen molar-refractivity contribution in [1.82, 2.24) is 5.32 Å². The van der Waals surface area contributed by atoms with Crippen molar-refractivity contribution < 1.29 is 4.42 Å². The van der Waals surface area contributed by atoms with E-state index in [2.05, 4.69) is 75.3 Å². The highest BCUT2D eigenvalue weighted by Crippen LogP contribution is 2.19. The van der Waals surface area contributed by atoms with Crippen LogP contribution in [0.5, 0.6) is 0 Å². The number of hydrogen-bond donors (Lipinski definition) is 1. The fourth-order valence-electron chi connectivity index (χ4n) is 2.13. The van der Waals surface area contributed by atoms with Crippen LogP contribution in [-0.4, -0.2) is 12.6 Å². The summed E-state index contributed by atoms with van der Waals surface area (Å²) in [5.74, 6) is 1.02. The lowest BCUT2D eigenvalue weighted by Gasteiger charge is -2.22. The fraction of sp³-hybridized carbons (Fsp3) is 0.444. The standard InChI is InChI=1S/C18H26N2O/c1-14-6-8-16(9-7-14)20(5)13-17-15(10-11-21-17)12-19-18(2,3)4/h6-11,19H,12-13H2,1-5H3. The Hall–Kier alpha value is -1.74. The van der Waals surface area contributed by atoms with Gasteiger partial charge in [0.2, 0.25) is 0 Å². The van der Waals surface area contributed by atoms with E-state index in [1.165, 1.54) is 16.8 Å². The molecule has 0 saturated carbocycles. The molecule has 0 aliphatic rings. The number of nitrogens with zero attached hydrogens (tertiary/aromatic N) is 1. The minimum Gasteiger partial charge on any atom is -0.467 e. The molecule has 0 aliphatic heterocycles. The van der Waals surface area contributed by atoms with Crippen molar-refractivity contribution in [3.05, 3.63) is 53.5 Å². The minimum absolute atomic E-state index is 0.109. The van der Waals surface area contributed by atoms with Crippen molar-refractivity contribution in [2.45, 2.75) is 46.3 Å². The van der Waals surface area contributed by atoms with E-state index >= 15 is 0 Å². The van der Waals surface area contributed by atoms with E-state index in [4.69, 9.17) is 4.42 Å². The van der Waals surface area contributed by atoms with E-state index in [9.17, 15) is 0 Å². The molecule has 0 spiro atoms. The molecule has 0 atom stereocenters. The van der Waals surface area contributed by atoms with E-state index < -0.39 is 0 Å². The van der Waals surface area contributed by atoms with Gasteiger partial charge in [-0.25, -0.2) is 0 Å². The summed E-state index contributed by atoms with van der Waals surface area (Å²) in [6, 6.07) is 10.6. The van der Waals surface area contributed by atoms with Crippen LogP contribution >= 0.6 is 0 Å². The van der Waals surface area contributed by atoms with E-state index in [-0.39, 0.29) is 5.54 Å². The Balaban J connectivity index is 2.03. The van der Waals surface area contributed by atoms with Crippen LogP contribution in [0.4, 0.5) is 5.69 Å². The number of furan rings is 1. The molecule has 1 aromatic heterocycles. The molecule has 21 heavy (non-hydrogen) atoms. The van der Waals surface area contributed by atoms with E-state index in [1.807, 2.05) is 0 Å². The average molecular weight is 286 g/mol. The summed E-state index contributed by atoms with van der Waals surface area (Å²) in [7, 11) is 2.09. The van der Waals surface area contributed by atoms with Crippen LogP contribution < -0.4 is 10.2 Å². The molecule has 0 amide bonds. The zero-order chi connectivity index (χ0) is 15.5. The summed E-state index contributed by atoms with van der Waals surface area (Å²) in [4.78, 5) is 2.21. The lowest BCUT2D eigenvalue weighted by molar-refractivity contribution is 0.419.